The molecular weight excluding hydrogens is 356 g/mol. The van der Waals surface area contributed by atoms with Crippen molar-refractivity contribution in [2.45, 2.75) is 19.4 Å². The molecule has 0 aliphatic rings. The minimum absolute atomic E-state index is 0.140. The quantitative estimate of drug-likeness (QED) is 0.672. The number of hydrogen-bond acceptors (Lipinski definition) is 4. The second-order valence-electron chi connectivity index (χ2n) is 5.92. The van der Waals surface area contributed by atoms with Crippen LogP contribution in [-0.2, 0) is 11.2 Å². The first-order valence-electron chi connectivity index (χ1n) is 8.01. The number of aromatic nitrogens is 2. The van der Waals surface area contributed by atoms with Crippen LogP contribution in [0, 0.1) is 11.6 Å². The Balaban J connectivity index is 1.69. The molecule has 0 fully saturated rings. The predicted molar refractivity (Wildman–Crippen MR) is 96.6 cm³/mol. The second-order valence-corrected chi connectivity index (χ2v) is 6.77. The number of rotatable bonds is 5. The highest BCUT2D eigenvalue weighted by Crippen LogP contribution is 2.25. The molecule has 2 heterocycles. The van der Waals surface area contributed by atoms with E-state index >= 15 is 0 Å². The zero-order valence-electron chi connectivity index (χ0n) is 14.3. The Hall–Kier alpha value is -2.67. The summed E-state index contributed by atoms with van der Waals surface area (Å²) in [6.45, 7) is 1.77. The number of carbonyl (C=O) groups is 1. The molecule has 2 aromatic heterocycles. The van der Waals surface area contributed by atoms with Gasteiger partial charge in [0.15, 0.2) is 11.6 Å². The van der Waals surface area contributed by atoms with Crippen molar-refractivity contribution in [1.29, 1.82) is 0 Å². The number of pyridine rings is 1. The highest BCUT2D eigenvalue weighted by molar-refractivity contribution is 7.13. The molecule has 1 amide bonds. The van der Waals surface area contributed by atoms with E-state index in [4.69, 9.17) is 0 Å². The SMILES string of the molecule is CC(c1ccc(F)c(F)c1)N(C)C(=O)Cc1csc(-c2cccnc2)n1. The van der Waals surface area contributed by atoms with Crippen LogP contribution in [0.4, 0.5) is 8.78 Å². The second kappa shape index (κ2) is 7.70. The summed E-state index contributed by atoms with van der Waals surface area (Å²) < 4.78 is 26.5. The molecule has 7 heteroatoms. The summed E-state index contributed by atoms with van der Waals surface area (Å²) in [4.78, 5) is 22.6. The van der Waals surface area contributed by atoms with Crippen molar-refractivity contribution in [3.8, 4) is 10.6 Å². The van der Waals surface area contributed by atoms with Crippen molar-refractivity contribution >= 4 is 17.2 Å². The van der Waals surface area contributed by atoms with Crippen molar-refractivity contribution in [3.63, 3.8) is 0 Å². The minimum Gasteiger partial charge on any atom is -0.339 e. The molecule has 0 spiro atoms. The maximum Gasteiger partial charge on any atom is 0.228 e. The summed E-state index contributed by atoms with van der Waals surface area (Å²) in [5.41, 5.74) is 2.11. The van der Waals surface area contributed by atoms with E-state index in [0.717, 1.165) is 22.7 Å². The summed E-state index contributed by atoms with van der Waals surface area (Å²) in [5, 5.41) is 2.65. The lowest BCUT2D eigenvalue weighted by Crippen LogP contribution is -2.31. The summed E-state index contributed by atoms with van der Waals surface area (Å²) in [6.07, 6.45) is 3.55. The van der Waals surface area contributed by atoms with Gasteiger partial charge in [-0.1, -0.05) is 6.07 Å². The monoisotopic (exact) mass is 373 g/mol. The molecule has 0 radical (unpaired) electrons. The molecule has 0 aliphatic heterocycles. The summed E-state index contributed by atoms with van der Waals surface area (Å²) in [6, 6.07) is 7.03. The molecule has 0 N–H and O–H groups in total. The van der Waals surface area contributed by atoms with Gasteiger partial charge in [-0.3, -0.25) is 9.78 Å². The lowest BCUT2D eigenvalue weighted by Gasteiger charge is -2.25. The van der Waals surface area contributed by atoms with Gasteiger partial charge in [-0.15, -0.1) is 11.3 Å². The molecule has 0 saturated carbocycles. The molecule has 26 heavy (non-hydrogen) atoms. The van der Waals surface area contributed by atoms with Crippen LogP contribution in [0.25, 0.3) is 10.6 Å². The fraction of sp³-hybridized carbons (Fsp3) is 0.211. The Bertz CT molecular complexity index is 914. The van der Waals surface area contributed by atoms with Crippen LogP contribution in [0.1, 0.15) is 24.2 Å². The Morgan fingerprint density at radius 1 is 1.27 bits per heavy atom. The first-order valence-corrected chi connectivity index (χ1v) is 8.89. The first kappa shape index (κ1) is 18.1. The van der Waals surface area contributed by atoms with E-state index in [2.05, 4.69) is 9.97 Å². The standard InChI is InChI=1S/C19H17F2N3OS/c1-12(13-5-6-16(20)17(21)8-13)24(2)18(25)9-15-11-26-19(23-15)14-4-3-7-22-10-14/h3-8,10-12H,9H2,1-2H3. The zero-order chi connectivity index (χ0) is 18.7. The van der Waals surface area contributed by atoms with E-state index < -0.39 is 11.6 Å². The van der Waals surface area contributed by atoms with Gasteiger partial charge in [0.25, 0.3) is 0 Å². The normalized spacial score (nSPS) is 12.0. The van der Waals surface area contributed by atoms with Gasteiger partial charge in [-0.2, -0.15) is 0 Å². The Kier molecular flexibility index (Phi) is 5.37. The lowest BCUT2D eigenvalue weighted by molar-refractivity contribution is -0.131. The Morgan fingerprint density at radius 2 is 2.08 bits per heavy atom. The average molecular weight is 373 g/mol. The van der Waals surface area contributed by atoms with E-state index in [-0.39, 0.29) is 18.4 Å². The maximum atomic E-state index is 13.4. The summed E-state index contributed by atoms with van der Waals surface area (Å²) in [7, 11) is 1.64. The predicted octanol–water partition coefficient (Wildman–Crippen LogP) is 4.25. The van der Waals surface area contributed by atoms with Gasteiger partial charge < -0.3 is 4.90 Å². The number of likely N-dealkylation sites (N-methyl/N-ethyl adjacent to an activating group) is 1. The van der Waals surface area contributed by atoms with Crippen LogP contribution in [-0.4, -0.2) is 27.8 Å². The van der Waals surface area contributed by atoms with E-state index in [1.807, 2.05) is 17.5 Å². The van der Waals surface area contributed by atoms with E-state index in [1.54, 1.807) is 26.4 Å². The molecular formula is C19H17F2N3OS. The third-order valence-electron chi connectivity index (χ3n) is 4.19. The third-order valence-corrected chi connectivity index (χ3v) is 5.13. The van der Waals surface area contributed by atoms with Gasteiger partial charge >= 0.3 is 0 Å². The van der Waals surface area contributed by atoms with E-state index in [9.17, 15) is 13.6 Å². The maximum absolute atomic E-state index is 13.4. The van der Waals surface area contributed by atoms with Crippen molar-refractivity contribution in [3.05, 3.63) is 71.0 Å². The highest BCUT2D eigenvalue weighted by Gasteiger charge is 2.20. The number of benzene rings is 1. The van der Waals surface area contributed by atoms with Crippen LogP contribution in [0.15, 0.2) is 48.1 Å². The first-order chi connectivity index (χ1) is 12.5. The third kappa shape index (κ3) is 3.94. The smallest absolute Gasteiger partial charge is 0.228 e. The van der Waals surface area contributed by atoms with Crippen molar-refractivity contribution in [1.82, 2.24) is 14.9 Å². The Morgan fingerprint density at radius 3 is 2.77 bits per heavy atom. The van der Waals surface area contributed by atoms with Gasteiger partial charge in [0.05, 0.1) is 18.2 Å². The van der Waals surface area contributed by atoms with Crippen molar-refractivity contribution < 1.29 is 13.6 Å². The van der Waals surface area contributed by atoms with Crippen molar-refractivity contribution in [2.24, 2.45) is 0 Å². The fourth-order valence-corrected chi connectivity index (χ4v) is 3.31. The van der Waals surface area contributed by atoms with Gasteiger partial charge in [0.1, 0.15) is 5.01 Å². The van der Waals surface area contributed by atoms with Gasteiger partial charge in [0.2, 0.25) is 5.91 Å². The molecule has 0 aliphatic carbocycles. The number of thiazole rings is 1. The fourth-order valence-electron chi connectivity index (χ4n) is 2.50. The molecule has 134 valence electrons. The number of carbonyl (C=O) groups excluding carboxylic acids is 1. The molecule has 1 unspecified atom stereocenters. The van der Waals surface area contributed by atoms with Crippen LogP contribution in [0.5, 0.6) is 0 Å². The molecule has 1 atom stereocenters. The van der Waals surface area contributed by atoms with Crippen LogP contribution >= 0.6 is 11.3 Å². The highest BCUT2D eigenvalue weighted by atomic mass is 32.1. The number of halogens is 2. The van der Waals surface area contributed by atoms with Gasteiger partial charge in [0, 0.05) is 30.4 Å². The topological polar surface area (TPSA) is 46.1 Å². The number of hydrogen-bond donors (Lipinski definition) is 0. The molecule has 3 aromatic rings. The zero-order valence-corrected chi connectivity index (χ0v) is 15.1. The van der Waals surface area contributed by atoms with E-state index in [0.29, 0.717) is 11.3 Å². The molecule has 0 saturated heterocycles. The number of amides is 1. The molecule has 0 bridgehead atoms. The largest absolute Gasteiger partial charge is 0.339 e. The van der Waals surface area contributed by atoms with Crippen LogP contribution in [0.2, 0.25) is 0 Å². The summed E-state index contributed by atoms with van der Waals surface area (Å²) >= 11 is 1.45. The van der Waals surface area contributed by atoms with Gasteiger partial charge in [-0.25, -0.2) is 13.8 Å². The lowest BCUT2D eigenvalue weighted by atomic mass is 10.1. The summed E-state index contributed by atoms with van der Waals surface area (Å²) in [5.74, 6) is -1.97. The minimum atomic E-state index is -0.921. The van der Waals surface area contributed by atoms with Crippen molar-refractivity contribution in [2.75, 3.05) is 7.05 Å². The van der Waals surface area contributed by atoms with Crippen LogP contribution in [0.3, 0.4) is 0 Å². The van der Waals surface area contributed by atoms with Gasteiger partial charge in [-0.05, 0) is 36.8 Å². The number of nitrogens with zero attached hydrogens (tertiary/aromatic N) is 3. The Labute approximate surface area is 154 Å². The molecule has 1 aromatic carbocycles. The van der Waals surface area contributed by atoms with E-state index in [1.165, 1.54) is 22.3 Å². The van der Waals surface area contributed by atoms with Crippen LogP contribution < -0.4 is 0 Å². The molecule has 3 rings (SSSR count). The molecule has 4 nitrogen and oxygen atoms in total. The average Bonchev–Trinajstić information content (AvgIpc) is 3.12.